The van der Waals surface area contributed by atoms with Gasteiger partial charge in [-0.3, -0.25) is 14.5 Å². The zero-order valence-corrected chi connectivity index (χ0v) is 17.2. The quantitative estimate of drug-likeness (QED) is 0.782. The van der Waals surface area contributed by atoms with E-state index in [-0.39, 0.29) is 17.9 Å². The Kier molecular flexibility index (Phi) is 5.60. The van der Waals surface area contributed by atoms with Crippen molar-refractivity contribution in [1.29, 1.82) is 0 Å². The molecule has 0 spiro atoms. The Hall–Kier alpha value is -2.76. The summed E-state index contributed by atoms with van der Waals surface area (Å²) in [7, 11) is 0. The molecule has 1 fully saturated rings. The third-order valence-electron chi connectivity index (χ3n) is 6.00. The summed E-state index contributed by atoms with van der Waals surface area (Å²) in [5.41, 5.74) is 3.19. The van der Waals surface area contributed by atoms with E-state index in [9.17, 15) is 9.59 Å². The highest BCUT2D eigenvalue weighted by molar-refractivity contribution is 5.95. The lowest BCUT2D eigenvalue weighted by Gasteiger charge is -2.31. The Morgan fingerprint density at radius 1 is 1.17 bits per heavy atom. The molecule has 6 heteroatoms. The van der Waals surface area contributed by atoms with E-state index >= 15 is 0 Å². The Balaban J connectivity index is 1.65. The Bertz CT molecular complexity index is 913. The van der Waals surface area contributed by atoms with E-state index in [1.807, 2.05) is 41.8 Å². The second-order valence-corrected chi connectivity index (χ2v) is 7.85. The largest absolute Gasteiger partial charge is 0.332 e. The van der Waals surface area contributed by atoms with Crippen molar-refractivity contribution in [3.63, 3.8) is 0 Å². The second-order valence-electron chi connectivity index (χ2n) is 7.85. The molecule has 0 N–H and O–H groups in total. The molecule has 1 atom stereocenters. The van der Waals surface area contributed by atoms with Crippen molar-refractivity contribution in [3.05, 3.63) is 53.0 Å². The lowest BCUT2D eigenvalue weighted by atomic mass is 10.0. The number of fused-ring (bicyclic) bond motifs is 1. The van der Waals surface area contributed by atoms with Crippen molar-refractivity contribution in [2.24, 2.45) is 0 Å². The van der Waals surface area contributed by atoms with Gasteiger partial charge in [-0.25, -0.2) is 9.97 Å². The molecule has 1 aromatic carbocycles. The van der Waals surface area contributed by atoms with E-state index in [0.717, 1.165) is 42.9 Å². The van der Waals surface area contributed by atoms with Gasteiger partial charge in [-0.2, -0.15) is 0 Å². The predicted octanol–water partition coefficient (Wildman–Crippen LogP) is 3.38. The number of benzene rings is 1. The molecule has 0 radical (unpaired) electrons. The zero-order chi connectivity index (χ0) is 20.4. The number of hydrogen-bond acceptors (Lipinski definition) is 4. The van der Waals surface area contributed by atoms with Gasteiger partial charge in [0.1, 0.15) is 5.82 Å². The molecule has 0 bridgehead atoms. The number of amides is 2. The van der Waals surface area contributed by atoms with Gasteiger partial charge in [-0.15, -0.1) is 0 Å². The maximum atomic E-state index is 12.7. The minimum absolute atomic E-state index is 0.0838. The fraction of sp³-hybridized carbons (Fsp3) is 0.478. The fourth-order valence-electron chi connectivity index (χ4n) is 4.41. The van der Waals surface area contributed by atoms with Crippen LogP contribution >= 0.6 is 0 Å². The molecule has 4 rings (SSSR count). The summed E-state index contributed by atoms with van der Waals surface area (Å²) in [6.45, 7) is 5.25. The molecule has 0 unspecified atom stereocenters. The van der Waals surface area contributed by atoms with E-state index < -0.39 is 0 Å². The average Bonchev–Trinajstić information content (AvgIpc) is 3.23. The number of hydrogen-bond donors (Lipinski definition) is 0. The van der Waals surface area contributed by atoms with Crippen LogP contribution in [0.5, 0.6) is 0 Å². The van der Waals surface area contributed by atoms with Crippen molar-refractivity contribution >= 4 is 17.6 Å². The first-order chi connectivity index (χ1) is 14.1. The highest BCUT2D eigenvalue weighted by Gasteiger charge is 2.34. The molecular weight excluding hydrogens is 364 g/mol. The van der Waals surface area contributed by atoms with Gasteiger partial charge >= 0.3 is 0 Å². The topological polar surface area (TPSA) is 66.4 Å². The van der Waals surface area contributed by atoms with Crippen LogP contribution in [0.15, 0.2) is 30.3 Å². The van der Waals surface area contributed by atoms with Crippen LogP contribution in [-0.4, -0.2) is 39.8 Å². The van der Waals surface area contributed by atoms with Gasteiger partial charge in [0, 0.05) is 37.2 Å². The molecule has 0 aliphatic carbocycles. The minimum atomic E-state index is -0.0838. The molecule has 1 aromatic heterocycles. The summed E-state index contributed by atoms with van der Waals surface area (Å²) < 4.78 is 0. The second kappa shape index (κ2) is 8.31. The molecule has 1 saturated heterocycles. The molecule has 6 nitrogen and oxygen atoms in total. The van der Waals surface area contributed by atoms with E-state index in [2.05, 4.69) is 12.1 Å². The molecule has 2 aliphatic rings. The van der Waals surface area contributed by atoms with E-state index in [0.29, 0.717) is 31.6 Å². The van der Waals surface area contributed by atoms with Crippen molar-refractivity contribution in [1.82, 2.24) is 14.9 Å². The van der Waals surface area contributed by atoms with Crippen molar-refractivity contribution in [2.45, 2.75) is 58.4 Å². The predicted molar refractivity (Wildman–Crippen MR) is 112 cm³/mol. The summed E-state index contributed by atoms with van der Waals surface area (Å²) in [6, 6.07) is 10.1. The molecule has 152 valence electrons. The van der Waals surface area contributed by atoms with Crippen molar-refractivity contribution in [2.75, 3.05) is 18.0 Å². The normalized spacial score (nSPS) is 18.8. The van der Waals surface area contributed by atoms with E-state index in [4.69, 9.17) is 9.97 Å². The van der Waals surface area contributed by atoms with Crippen LogP contribution in [0.1, 0.15) is 61.3 Å². The number of aryl methyl sites for hydroxylation is 1. The number of likely N-dealkylation sites (tertiary alicyclic amines) is 1. The highest BCUT2D eigenvalue weighted by atomic mass is 16.2. The molecule has 3 heterocycles. The van der Waals surface area contributed by atoms with Gasteiger partial charge in [0.2, 0.25) is 11.8 Å². The minimum Gasteiger partial charge on any atom is -0.332 e. The third-order valence-corrected chi connectivity index (χ3v) is 6.00. The number of rotatable bonds is 5. The van der Waals surface area contributed by atoms with Crippen LogP contribution in [-0.2, 0) is 22.4 Å². The number of carbonyl (C=O) groups is 2. The van der Waals surface area contributed by atoms with Gasteiger partial charge in [0.05, 0.1) is 6.04 Å². The van der Waals surface area contributed by atoms with Crippen LogP contribution in [0.2, 0.25) is 0 Å². The molecule has 0 saturated carbocycles. The smallest absolute Gasteiger partial charge is 0.228 e. The molecule has 2 aliphatic heterocycles. The summed E-state index contributed by atoms with van der Waals surface area (Å²) in [4.78, 5) is 38.5. The van der Waals surface area contributed by atoms with E-state index in [1.165, 1.54) is 5.56 Å². The summed E-state index contributed by atoms with van der Waals surface area (Å²) in [5, 5.41) is 0. The maximum absolute atomic E-state index is 12.7. The Morgan fingerprint density at radius 3 is 2.72 bits per heavy atom. The average molecular weight is 393 g/mol. The lowest BCUT2D eigenvalue weighted by Crippen LogP contribution is -2.39. The first-order valence-electron chi connectivity index (χ1n) is 10.6. The number of anilines is 1. The monoisotopic (exact) mass is 392 g/mol. The molecule has 2 aromatic rings. The van der Waals surface area contributed by atoms with Crippen molar-refractivity contribution < 1.29 is 9.59 Å². The van der Waals surface area contributed by atoms with Crippen LogP contribution in [0, 0.1) is 6.92 Å². The van der Waals surface area contributed by atoms with Gasteiger partial charge in [-0.05, 0) is 38.2 Å². The van der Waals surface area contributed by atoms with E-state index in [1.54, 1.807) is 0 Å². The third kappa shape index (κ3) is 3.88. The summed E-state index contributed by atoms with van der Waals surface area (Å²) in [6.07, 6.45) is 4.30. The van der Waals surface area contributed by atoms with Gasteiger partial charge < -0.3 is 4.90 Å². The number of carbonyl (C=O) groups excluding carboxylic acids is 2. The van der Waals surface area contributed by atoms with Crippen molar-refractivity contribution in [3.8, 4) is 0 Å². The molecule has 2 amide bonds. The summed E-state index contributed by atoms with van der Waals surface area (Å²) >= 11 is 0. The van der Waals surface area contributed by atoms with Crippen LogP contribution in [0.4, 0.5) is 5.82 Å². The molecule has 29 heavy (non-hydrogen) atoms. The van der Waals surface area contributed by atoms with Gasteiger partial charge in [-0.1, -0.05) is 37.3 Å². The zero-order valence-electron chi connectivity index (χ0n) is 17.2. The Morgan fingerprint density at radius 2 is 1.97 bits per heavy atom. The standard InChI is InChI=1S/C23H28N4O2/c1-3-20(28)26-14-7-10-19(26)22-24-16(2)18-11-12-21(29)27(23(18)25-22)15-13-17-8-5-4-6-9-17/h4-6,8-9,19H,3,7,10-15H2,1-2H3/t19-/m0/s1. The van der Waals surface area contributed by atoms with Gasteiger partial charge in [0.25, 0.3) is 0 Å². The lowest BCUT2D eigenvalue weighted by molar-refractivity contribution is -0.132. The van der Waals surface area contributed by atoms with Crippen LogP contribution in [0.25, 0.3) is 0 Å². The van der Waals surface area contributed by atoms with Crippen LogP contribution in [0.3, 0.4) is 0 Å². The Labute approximate surface area is 172 Å². The maximum Gasteiger partial charge on any atom is 0.228 e. The number of aromatic nitrogens is 2. The van der Waals surface area contributed by atoms with Gasteiger partial charge in [0.15, 0.2) is 5.82 Å². The number of nitrogens with zero attached hydrogens (tertiary/aromatic N) is 4. The summed E-state index contributed by atoms with van der Waals surface area (Å²) in [5.74, 6) is 1.68. The SMILES string of the molecule is CCC(=O)N1CCC[C@H]1c1nc(C)c2c(n1)N(CCc1ccccc1)C(=O)CC2. The van der Waals surface area contributed by atoms with Crippen LogP contribution < -0.4 is 4.90 Å². The molecular formula is C23H28N4O2. The highest BCUT2D eigenvalue weighted by Crippen LogP contribution is 2.34. The first-order valence-corrected chi connectivity index (χ1v) is 10.6. The first kappa shape index (κ1) is 19.6. The fourth-order valence-corrected chi connectivity index (χ4v) is 4.41.